The van der Waals surface area contributed by atoms with Gasteiger partial charge in [0.2, 0.25) is 0 Å². The van der Waals surface area contributed by atoms with E-state index in [1.54, 1.807) is 12.1 Å². The summed E-state index contributed by atoms with van der Waals surface area (Å²) in [6.45, 7) is 15.5. The van der Waals surface area contributed by atoms with Gasteiger partial charge in [0, 0.05) is 0 Å². The van der Waals surface area contributed by atoms with Gasteiger partial charge < -0.3 is 14.9 Å². The normalized spacial score (nSPS) is 40.1. The molecule has 4 aliphatic rings. The van der Waals surface area contributed by atoms with Crippen molar-refractivity contribution < 1.29 is 28.2 Å². The number of carbonyl (C=O) groups is 1. The number of amides is 1. The summed E-state index contributed by atoms with van der Waals surface area (Å²) >= 11 is 0. The molecule has 4 aliphatic carbocycles. The smallest absolute Gasteiger partial charge is 0.421 e. The Morgan fingerprint density at radius 3 is 2.26 bits per heavy atom. The Hall–Kier alpha value is -1.64. The van der Waals surface area contributed by atoms with Gasteiger partial charge in [-0.1, -0.05) is 67.0 Å². The number of carbonyl (C=O) groups excluding carboxylic acids is 1. The number of fused-ring (bicyclic) bond motifs is 5. The lowest BCUT2D eigenvalue weighted by Crippen LogP contribution is -2.62. The number of rotatable bonds is 6. The standard InChI is InChI=1S/C35H55NO6S/c1-8-25-29-19-23(37)15-17-35(29,7)28-16-18-34(6)26(13-14-27(34)30(28)31(25)38)21(2)20-42-32(39)36-43(40,41)24-11-9-22(10-12-24)33(3,4)5/h9-12,21,23,25-31,37-38H,8,13-20H2,1-7H3,(H,36,39)/t21-,23-,25-,26?,27+,28+,29+,30+,31-,34-,35-/m1/s1. The van der Waals surface area contributed by atoms with Crippen LogP contribution < -0.4 is 4.72 Å². The van der Waals surface area contributed by atoms with Crippen LogP contribution in [-0.2, 0) is 20.2 Å². The number of ether oxygens (including phenoxy) is 1. The quantitative estimate of drug-likeness (QED) is 0.329. The topological polar surface area (TPSA) is 113 Å². The Balaban J connectivity index is 1.24. The molecule has 43 heavy (non-hydrogen) atoms. The molecule has 0 aromatic heterocycles. The Morgan fingerprint density at radius 2 is 1.63 bits per heavy atom. The second-order valence-corrected chi connectivity index (χ2v) is 17.8. The van der Waals surface area contributed by atoms with Crippen LogP contribution in [0.4, 0.5) is 4.79 Å². The Kier molecular flexibility index (Phi) is 8.85. The van der Waals surface area contributed by atoms with Crippen LogP contribution in [0.3, 0.4) is 0 Å². The van der Waals surface area contributed by atoms with E-state index in [0.717, 1.165) is 56.9 Å². The fourth-order valence-corrected chi connectivity index (χ4v) is 11.5. The summed E-state index contributed by atoms with van der Waals surface area (Å²) in [5.74, 6) is 2.14. The molecule has 0 bridgehead atoms. The molecule has 4 saturated carbocycles. The largest absolute Gasteiger partial charge is 0.449 e. The van der Waals surface area contributed by atoms with Crippen molar-refractivity contribution in [3.05, 3.63) is 29.8 Å². The predicted octanol–water partition coefficient (Wildman–Crippen LogP) is 6.66. The maximum atomic E-state index is 12.9. The van der Waals surface area contributed by atoms with Crippen LogP contribution in [0, 0.1) is 52.3 Å². The highest BCUT2D eigenvalue weighted by atomic mass is 32.2. The summed E-state index contributed by atoms with van der Waals surface area (Å²) in [4.78, 5) is 12.7. The first-order chi connectivity index (χ1) is 20.0. The first kappa shape index (κ1) is 32.7. The van der Waals surface area contributed by atoms with Gasteiger partial charge >= 0.3 is 6.09 Å². The van der Waals surface area contributed by atoms with E-state index in [2.05, 4.69) is 53.2 Å². The van der Waals surface area contributed by atoms with E-state index in [1.807, 2.05) is 0 Å². The van der Waals surface area contributed by atoms with Crippen molar-refractivity contribution in [2.45, 2.75) is 122 Å². The monoisotopic (exact) mass is 617 g/mol. The molecule has 1 aromatic carbocycles. The van der Waals surface area contributed by atoms with Crippen LogP contribution in [0.1, 0.15) is 105 Å². The van der Waals surface area contributed by atoms with Crippen molar-refractivity contribution in [3.63, 3.8) is 0 Å². The van der Waals surface area contributed by atoms with E-state index in [-0.39, 0.29) is 57.7 Å². The first-order valence-corrected chi connectivity index (χ1v) is 18.2. The van der Waals surface area contributed by atoms with Crippen molar-refractivity contribution in [1.82, 2.24) is 4.72 Å². The van der Waals surface area contributed by atoms with Crippen molar-refractivity contribution in [2.75, 3.05) is 6.61 Å². The summed E-state index contributed by atoms with van der Waals surface area (Å²) in [7, 11) is -4.03. The van der Waals surface area contributed by atoms with Gasteiger partial charge in [0.1, 0.15) is 0 Å². The molecule has 0 aliphatic heterocycles. The molecule has 1 aromatic rings. The summed E-state index contributed by atoms with van der Waals surface area (Å²) in [5.41, 5.74) is 1.11. The van der Waals surface area contributed by atoms with Crippen LogP contribution in [0.5, 0.6) is 0 Å². The van der Waals surface area contributed by atoms with Crippen molar-refractivity contribution >= 4 is 16.1 Å². The van der Waals surface area contributed by atoms with Gasteiger partial charge in [-0.3, -0.25) is 0 Å². The fourth-order valence-electron chi connectivity index (χ4n) is 10.6. The lowest BCUT2D eigenvalue weighted by molar-refractivity contribution is -0.203. The second-order valence-electron chi connectivity index (χ2n) is 16.1. The van der Waals surface area contributed by atoms with Gasteiger partial charge in [0.15, 0.2) is 0 Å². The van der Waals surface area contributed by atoms with Gasteiger partial charge in [-0.15, -0.1) is 0 Å². The van der Waals surface area contributed by atoms with Gasteiger partial charge in [-0.05, 0) is 120 Å². The van der Waals surface area contributed by atoms with Gasteiger partial charge in [0.05, 0.1) is 23.7 Å². The lowest BCUT2D eigenvalue weighted by atomic mass is 9.41. The van der Waals surface area contributed by atoms with Crippen LogP contribution in [0.25, 0.3) is 0 Å². The minimum atomic E-state index is -4.03. The minimum Gasteiger partial charge on any atom is -0.449 e. The number of sulfonamides is 1. The molecule has 3 N–H and O–H groups in total. The maximum absolute atomic E-state index is 12.9. The van der Waals surface area contributed by atoms with Crippen molar-refractivity contribution in [2.24, 2.45) is 52.3 Å². The number of hydrogen-bond acceptors (Lipinski definition) is 6. The van der Waals surface area contributed by atoms with E-state index in [4.69, 9.17) is 4.74 Å². The summed E-state index contributed by atoms with van der Waals surface area (Å²) in [6, 6.07) is 6.60. The van der Waals surface area contributed by atoms with E-state index in [9.17, 15) is 23.4 Å². The molecular weight excluding hydrogens is 562 g/mol. The molecule has 0 spiro atoms. The SMILES string of the molecule is CC[C@H]1[C@@H](O)[C@@H]2[C@H](CC[C@]3(C)C([C@H](C)COC(=O)NS(=O)(=O)c4ccc(C(C)(C)C)cc4)CC[C@@H]23)[C@@]2(C)CC[C@@H](O)C[C@@H]12. The third-order valence-corrected chi connectivity index (χ3v) is 14.2. The number of aliphatic hydroxyl groups excluding tert-OH is 2. The maximum Gasteiger partial charge on any atom is 0.421 e. The summed E-state index contributed by atoms with van der Waals surface area (Å²) in [6.07, 6.45) is 6.39. The zero-order valence-electron chi connectivity index (χ0n) is 27.3. The zero-order valence-corrected chi connectivity index (χ0v) is 28.1. The highest BCUT2D eigenvalue weighted by Crippen LogP contribution is 2.69. The molecule has 11 atom stereocenters. The molecule has 4 fully saturated rings. The highest BCUT2D eigenvalue weighted by molar-refractivity contribution is 7.90. The molecule has 0 heterocycles. The minimum absolute atomic E-state index is 0.0354. The number of nitrogens with one attached hydrogen (secondary N) is 1. The number of benzene rings is 1. The predicted molar refractivity (Wildman–Crippen MR) is 168 cm³/mol. The summed E-state index contributed by atoms with van der Waals surface area (Å²) < 4.78 is 33.3. The Bertz CT molecular complexity index is 1270. The average Bonchev–Trinajstić information content (AvgIpc) is 3.29. The van der Waals surface area contributed by atoms with Crippen LogP contribution in [0.2, 0.25) is 0 Å². The fraction of sp³-hybridized carbons (Fsp3) is 0.800. The third kappa shape index (κ3) is 5.78. The van der Waals surface area contributed by atoms with E-state index in [0.29, 0.717) is 23.7 Å². The lowest BCUT2D eigenvalue weighted by Gasteiger charge is -2.64. The summed E-state index contributed by atoms with van der Waals surface area (Å²) in [5, 5.41) is 22.4. The van der Waals surface area contributed by atoms with Crippen LogP contribution in [-0.4, -0.2) is 43.5 Å². The molecule has 1 unspecified atom stereocenters. The van der Waals surface area contributed by atoms with Gasteiger partial charge in [-0.25, -0.2) is 17.9 Å². The Morgan fingerprint density at radius 1 is 1.00 bits per heavy atom. The molecule has 0 radical (unpaired) electrons. The molecular formula is C35H55NO6S. The number of aliphatic hydroxyl groups is 2. The Labute approximate surface area is 259 Å². The zero-order chi connectivity index (χ0) is 31.5. The van der Waals surface area contributed by atoms with E-state index in [1.165, 1.54) is 12.1 Å². The van der Waals surface area contributed by atoms with Crippen molar-refractivity contribution in [1.29, 1.82) is 0 Å². The highest BCUT2D eigenvalue weighted by Gasteiger charge is 2.64. The third-order valence-electron chi connectivity index (χ3n) is 12.9. The molecule has 7 nitrogen and oxygen atoms in total. The molecule has 1 amide bonds. The number of hydrogen-bond donors (Lipinski definition) is 3. The molecule has 5 rings (SSSR count). The van der Waals surface area contributed by atoms with Gasteiger partial charge in [-0.2, -0.15) is 0 Å². The molecule has 0 saturated heterocycles. The van der Waals surface area contributed by atoms with E-state index >= 15 is 0 Å². The molecule has 242 valence electrons. The van der Waals surface area contributed by atoms with Crippen molar-refractivity contribution in [3.8, 4) is 0 Å². The first-order valence-electron chi connectivity index (χ1n) is 16.7. The average molecular weight is 618 g/mol. The molecule has 8 heteroatoms. The van der Waals surface area contributed by atoms with Crippen LogP contribution in [0.15, 0.2) is 29.2 Å². The second kappa shape index (κ2) is 11.6. The van der Waals surface area contributed by atoms with E-state index < -0.39 is 16.1 Å². The van der Waals surface area contributed by atoms with Gasteiger partial charge in [0.25, 0.3) is 10.0 Å². The van der Waals surface area contributed by atoms with Crippen LogP contribution >= 0.6 is 0 Å².